The molecule has 150 valence electrons. The van der Waals surface area contributed by atoms with Crippen molar-refractivity contribution in [1.82, 2.24) is 5.48 Å². The number of carbonyl (C=O) groups excluding carboxylic acids is 1. The molecule has 2 saturated heterocycles. The monoisotopic (exact) mass is 369 g/mol. The van der Waals surface area contributed by atoms with Crippen LogP contribution >= 0.6 is 0 Å². The minimum absolute atomic E-state index is 0.0175. The van der Waals surface area contributed by atoms with E-state index in [1.165, 1.54) is 38.5 Å². The highest BCUT2D eigenvalue weighted by atomic mass is 16.5. The number of carbonyl (C=O) groups is 1. The van der Waals surface area contributed by atoms with E-state index in [0.29, 0.717) is 37.1 Å². The molecule has 5 unspecified atom stereocenters. The molecule has 0 aromatic carbocycles. The lowest BCUT2D eigenvalue weighted by Crippen LogP contribution is -2.32. The SMILES string of the molecule is CC(CCC(=O)NO)OCCC1C2CCC(O2)C1COCC1CCCC1. The van der Waals surface area contributed by atoms with E-state index in [9.17, 15) is 4.79 Å². The maximum absolute atomic E-state index is 11.1. The van der Waals surface area contributed by atoms with Gasteiger partial charge in [0.25, 0.3) is 0 Å². The van der Waals surface area contributed by atoms with Crippen molar-refractivity contribution in [2.24, 2.45) is 17.8 Å². The zero-order chi connectivity index (χ0) is 18.4. The minimum Gasteiger partial charge on any atom is -0.381 e. The molecule has 1 aliphatic carbocycles. The lowest BCUT2D eigenvalue weighted by atomic mass is 9.78. The molecular formula is C20H35NO5. The molecule has 0 aromatic heterocycles. The summed E-state index contributed by atoms with van der Waals surface area (Å²) >= 11 is 0. The van der Waals surface area contributed by atoms with Crippen molar-refractivity contribution < 1.29 is 24.2 Å². The summed E-state index contributed by atoms with van der Waals surface area (Å²) in [6.45, 7) is 4.41. The van der Waals surface area contributed by atoms with E-state index in [-0.39, 0.29) is 18.4 Å². The van der Waals surface area contributed by atoms with Gasteiger partial charge in [-0.15, -0.1) is 0 Å². The van der Waals surface area contributed by atoms with E-state index in [4.69, 9.17) is 19.4 Å². The molecule has 0 aromatic rings. The van der Waals surface area contributed by atoms with Gasteiger partial charge in [0.05, 0.1) is 24.9 Å². The normalized spacial score (nSPS) is 32.2. The summed E-state index contributed by atoms with van der Waals surface area (Å²) in [6, 6.07) is 0. The van der Waals surface area contributed by atoms with Crippen LogP contribution in [0.25, 0.3) is 0 Å². The van der Waals surface area contributed by atoms with Crippen LogP contribution in [0, 0.1) is 17.8 Å². The fraction of sp³-hybridized carbons (Fsp3) is 0.950. The van der Waals surface area contributed by atoms with Crippen LogP contribution in [-0.4, -0.2) is 49.2 Å². The number of hydroxylamine groups is 1. The van der Waals surface area contributed by atoms with Gasteiger partial charge in [-0.05, 0) is 57.3 Å². The lowest BCUT2D eigenvalue weighted by molar-refractivity contribution is -0.129. The van der Waals surface area contributed by atoms with Gasteiger partial charge in [0.1, 0.15) is 0 Å². The number of ether oxygens (including phenoxy) is 3. The molecule has 2 heterocycles. The van der Waals surface area contributed by atoms with Gasteiger partial charge in [-0.2, -0.15) is 0 Å². The van der Waals surface area contributed by atoms with Crippen LogP contribution in [0.3, 0.4) is 0 Å². The summed E-state index contributed by atoms with van der Waals surface area (Å²) in [7, 11) is 0. The van der Waals surface area contributed by atoms with E-state index in [1.807, 2.05) is 6.92 Å². The highest BCUT2D eigenvalue weighted by molar-refractivity contribution is 5.74. The van der Waals surface area contributed by atoms with E-state index in [1.54, 1.807) is 5.48 Å². The Morgan fingerprint density at radius 2 is 1.88 bits per heavy atom. The van der Waals surface area contributed by atoms with Crippen LogP contribution in [0.15, 0.2) is 0 Å². The van der Waals surface area contributed by atoms with E-state index in [0.717, 1.165) is 25.6 Å². The van der Waals surface area contributed by atoms with Gasteiger partial charge in [0.2, 0.25) is 5.91 Å². The number of hydrogen-bond acceptors (Lipinski definition) is 5. The first kappa shape index (κ1) is 20.1. The summed E-state index contributed by atoms with van der Waals surface area (Å²) in [6.07, 6.45) is 10.4. The second-order valence-electron chi connectivity index (χ2n) is 8.35. The van der Waals surface area contributed by atoms with Crippen LogP contribution in [0.2, 0.25) is 0 Å². The van der Waals surface area contributed by atoms with E-state index < -0.39 is 0 Å². The van der Waals surface area contributed by atoms with Crippen LogP contribution in [-0.2, 0) is 19.0 Å². The van der Waals surface area contributed by atoms with Crippen molar-refractivity contribution in [2.45, 2.75) is 83.0 Å². The van der Waals surface area contributed by atoms with E-state index in [2.05, 4.69) is 0 Å². The molecule has 6 heteroatoms. The predicted molar refractivity (Wildman–Crippen MR) is 96.8 cm³/mol. The van der Waals surface area contributed by atoms with Crippen molar-refractivity contribution in [3.05, 3.63) is 0 Å². The molecule has 26 heavy (non-hydrogen) atoms. The Hall–Kier alpha value is -0.690. The Labute approximate surface area is 156 Å². The average molecular weight is 370 g/mol. The second-order valence-corrected chi connectivity index (χ2v) is 8.35. The summed E-state index contributed by atoms with van der Waals surface area (Å²) < 4.78 is 18.1. The molecule has 2 N–H and O–H groups in total. The third-order valence-electron chi connectivity index (χ3n) is 6.49. The van der Waals surface area contributed by atoms with Crippen molar-refractivity contribution in [3.8, 4) is 0 Å². The predicted octanol–water partition coefficient (Wildman–Crippen LogP) is 3.07. The molecule has 6 nitrogen and oxygen atoms in total. The third-order valence-corrected chi connectivity index (χ3v) is 6.49. The number of nitrogens with one attached hydrogen (secondary N) is 1. The highest BCUT2D eigenvalue weighted by Gasteiger charge is 2.48. The van der Waals surface area contributed by atoms with Crippen LogP contribution in [0.5, 0.6) is 0 Å². The van der Waals surface area contributed by atoms with Crippen molar-refractivity contribution in [1.29, 1.82) is 0 Å². The lowest BCUT2D eigenvalue weighted by Gasteiger charge is -2.28. The van der Waals surface area contributed by atoms with Crippen LogP contribution in [0.1, 0.15) is 64.7 Å². The van der Waals surface area contributed by atoms with Crippen molar-refractivity contribution in [2.75, 3.05) is 19.8 Å². The maximum Gasteiger partial charge on any atom is 0.243 e. The summed E-state index contributed by atoms with van der Waals surface area (Å²) in [5, 5.41) is 8.53. The Bertz CT molecular complexity index is 440. The molecule has 3 fully saturated rings. The van der Waals surface area contributed by atoms with Gasteiger partial charge in [0, 0.05) is 25.6 Å². The Kier molecular flexibility index (Phi) is 7.73. The summed E-state index contributed by atoms with van der Waals surface area (Å²) in [5.41, 5.74) is 1.66. The standard InChI is InChI=1S/C20H35NO5/c1-14(6-9-20(22)21-23)25-11-10-16-17(19-8-7-18(16)26-19)13-24-12-15-4-2-3-5-15/h14-19,23H,2-13H2,1H3,(H,21,22). The first-order chi connectivity index (χ1) is 12.7. The zero-order valence-corrected chi connectivity index (χ0v) is 16.0. The van der Waals surface area contributed by atoms with Gasteiger partial charge < -0.3 is 14.2 Å². The van der Waals surface area contributed by atoms with Crippen molar-refractivity contribution in [3.63, 3.8) is 0 Å². The van der Waals surface area contributed by atoms with Gasteiger partial charge in [-0.3, -0.25) is 10.0 Å². The number of fused-ring (bicyclic) bond motifs is 2. The zero-order valence-electron chi connectivity index (χ0n) is 16.0. The molecule has 3 rings (SSSR count). The van der Waals surface area contributed by atoms with Gasteiger partial charge in [0.15, 0.2) is 0 Å². The summed E-state index contributed by atoms with van der Waals surface area (Å²) in [4.78, 5) is 11.1. The molecule has 2 aliphatic heterocycles. The van der Waals surface area contributed by atoms with E-state index >= 15 is 0 Å². The largest absolute Gasteiger partial charge is 0.381 e. The van der Waals surface area contributed by atoms with Gasteiger partial charge >= 0.3 is 0 Å². The molecule has 3 aliphatic rings. The average Bonchev–Trinajstić information content (AvgIpc) is 3.38. The third kappa shape index (κ3) is 5.41. The smallest absolute Gasteiger partial charge is 0.243 e. The van der Waals surface area contributed by atoms with Gasteiger partial charge in [-0.1, -0.05) is 12.8 Å². The number of rotatable bonds is 11. The Morgan fingerprint density at radius 1 is 1.15 bits per heavy atom. The molecule has 5 atom stereocenters. The fourth-order valence-corrected chi connectivity index (χ4v) is 4.93. The Morgan fingerprint density at radius 3 is 2.62 bits per heavy atom. The molecule has 0 radical (unpaired) electrons. The first-order valence-corrected chi connectivity index (χ1v) is 10.4. The van der Waals surface area contributed by atoms with Crippen LogP contribution in [0.4, 0.5) is 0 Å². The topological polar surface area (TPSA) is 77.0 Å². The van der Waals surface area contributed by atoms with Gasteiger partial charge in [-0.25, -0.2) is 5.48 Å². The first-order valence-electron chi connectivity index (χ1n) is 10.4. The molecule has 2 bridgehead atoms. The fourth-order valence-electron chi connectivity index (χ4n) is 4.93. The summed E-state index contributed by atoms with van der Waals surface area (Å²) in [5.74, 6) is 1.45. The second kappa shape index (κ2) is 10.0. The minimum atomic E-state index is -0.360. The molecular weight excluding hydrogens is 334 g/mol. The Balaban J connectivity index is 1.35. The maximum atomic E-state index is 11.1. The molecule has 1 saturated carbocycles. The van der Waals surface area contributed by atoms with Crippen LogP contribution < -0.4 is 5.48 Å². The molecule has 0 spiro atoms. The highest BCUT2D eigenvalue weighted by Crippen LogP contribution is 2.45. The van der Waals surface area contributed by atoms with Crippen molar-refractivity contribution >= 4 is 5.91 Å². The quantitative estimate of drug-likeness (QED) is 0.432. The molecule has 1 amide bonds. The number of amides is 1. The number of hydrogen-bond donors (Lipinski definition) is 2.